The number of halogens is 1. The van der Waals surface area contributed by atoms with Gasteiger partial charge in [0, 0.05) is 11.0 Å². The van der Waals surface area contributed by atoms with Crippen LogP contribution < -0.4 is 5.32 Å². The van der Waals surface area contributed by atoms with E-state index in [1.165, 1.54) is 0 Å². The summed E-state index contributed by atoms with van der Waals surface area (Å²) in [5.41, 5.74) is 0. The van der Waals surface area contributed by atoms with E-state index in [1.807, 2.05) is 0 Å². The van der Waals surface area contributed by atoms with E-state index in [0.717, 1.165) is 11.0 Å². The second-order valence-corrected chi connectivity index (χ2v) is 9.13. The molecule has 0 bridgehead atoms. The van der Waals surface area contributed by atoms with Crippen LogP contribution in [0.15, 0.2) is 0 Å². The minimum absolute atomic E-state index is 0.299. The normalized spacial score (nSPS) is 11.3. The molecule has 0 fully saturated rings. The molecule has 0 aromatic rings. The molecule has 0 aromatic carbocycles. The zero-order chi connectivity index (χ0) is 30.6. The largest absolute Gasteiger partial charge is 0.480 e. The van der Waals surface area contributed by atoms with Gasteiger partial charge in [0.25, 0.3) is 0 Å². The number of hydrogen-bond acceptors (Lipinski definition) is 13. The third-order valence-corrected chi connectivity index (χ3v) is 5.04. The smallest absolute Gasteiger partial charge is 0.329 e. The predicted molar refractivity (Wildman–Crippen MR) is 159 cm³/mol. The number of carboxylic acids is 1. The van der Waals surface area contributed by atoms with Gasteiger partial charge in [0.2, 0.25) is 5.91 Å². The zero-order valence-electron chi connectivity index (χ0n) is 24.6. The van der Waals surface area contributed by atoms with Gasteiger partial charge in [-0.05, 0) is 0 Å². The van der Waals surface area contributed by atoms with Crippen molar-refractivity contribution in [3.05, 3.63) is 0 Å². The Kier molecular flexibility index (Phi) is 35.8. The summed E-state index contributed by atoms with van der Waals surface area (Å²) < 4.78 is 59.7. The predicted octanol–water partition coefficient (Wildman–Crippen LogP) is -0.195. The topological polar surface area (TPSA) is 168 Å². The number of amides is 1. The van der Waals surface area contributed by atoms with Crippen molar-refractivity contribution in [1.29, 1.82) is 0 Å². The molecular formula is C26H50INO14. The summed E-state index contributed by atoms with van der Waals surface area (Å²) in [4.78, 5) is 21.6. The number of nitrogens with one attached hydrogen (secondary N) is 1. The minimum Gasteiger partial charge on any atom is -0.480 e. The van der Waals surface area contributed by atoms with Crippen LogP contribution in [-0.2, 0) is 61.7 Å². The van der Waals surface area contributed by atoms with E-state index in [-0.39, 0.29) is 6.61 Å². The second kappa shape index (κ2) is 36.4. The van der Waals surface area contributed by atoms with Crippen LogP contribution in [0.4, 0.5) is 0 Å². The second-order valence-electron chi connectivity index (χ2n) is 8.05. The van der Waals surface area contributed by atoms with Gasteiger partial charge in [-0.1, -0.05) is 22.6 Å². The average Bonchev–Trinajstić information content (AvgIpc) is 2.97. The van der Waals surface area contributed by atoms with E-state index in [9.17, 15) is 9.59 Å². The lowest BCUT2D eigenvalue weighted by Crippen LogP contribution is -2.31. The molecule has 0 rings (SSSR count). The lowest BCUT2D eigenvalue weighted by molar-refractivity contribution is -0.143. The summed E-state index contributed by atoms with van der Waals surface area (Å²) in [5, 5.41) is 11.0. The van der Waals surface area contributed by atoms with Crippen molar-refractivity contribution in [3.63, 3.8) is 0 Å². The summed E-state index contributed by atoms with van der Waals surface area (Å²) >= 11 is 2.27. The highest BCUT2D eigenvalue weighted by Crippen LogP contribution is 1.87. The van der Waals surface area contributed by atoms with Crippen LogP contribution in [0.5, 0.6) is 0 Å². The summed E-state index contributed by atoms with van der Waals surface area (Å²) in [7, 11) is 0. The Morgan fingerprint density at radius 2 is 0.714 bits per heavy atom. The lowest BCUT2D eigenvalue weighted by Gasteiger charge is -2.09. The van der Waals surface area contributed by atoms with Gasteiger partial charge in [-0.3, -0.25) is 4.79 Å². The number of aliphatic carboxylic acids is 1. The van der Waals surface area contributed by atoms with Gasteiger partial charge in [-0.2, -0.15) is 0 Å². The fourth-order valence-electron chi connectivity index (χ4n) is 2.68. The van der Waals surface area contributed by atoms with E-state index >= 15 is 0 Å². The summed E-state index contributed by atoms with van der Waals surface area (Å²) in [6.45, 7) is 9.48. The van der Waals surface area contributed by atoms with Gasteiger partial charge in [0.1, 0.15) is 13.2 Å². The van der Waals surface area contributed by atoms with Crippen molar-refractivity contribution < 1.29 is 66.8 Å². The number of rotatable bonds is 36. The average molecular weight is 728 g/mol. The molecule has 0 heterocycles. The van der Waals surface area contributed by atoms with E-state index in [0.29, 0.717) is 132 Å². The number of ether oxygens (including phenoxy) is 11. The van der Waals surface area contributed by atoms with Crippen molar-refractivity contribution in [2.45, 2.75) is 0 Å². The maximum Gasteiger partial charge on any atom is 0.329 e. The molecule has 2 N–H and O–H groups in total. The molecule has 0 atom stereocenters. The minimum atomic E-state index is -1.12. The molecule has 0 unspecified atom stereocenters. The van der Waals surface area contributed by atoms with Crippen LogP contribution in [0, 0.1) is 0 Å². The highest BCUT2D eigenvalue weighted by Gasteiger charge is 2.03. The standard InChI is InChI=1S/C26H50INO14/c27-1-3-32-5-7-34-9-11-36-13-15-38-17-19-40-21-22-41-20-18-39-16-14-37-12-10-35-8-6-33-4-2-28-25(29)23-42-24-26(30)31/h1-24H2,(H,28,29)(H,30,31). The Morgan fingerprint density at radius 1 is 0.429 bits per heavy atom. The molecule has 0 aliphatic rings. The molecule has 16 heteroatoms. The van der Waals surface area contributed by atoms with Gasteiger partial charge < -0.3 is 62.5 Å². The number of alkyl halides is 1. The van der Waals surface area contributed by atoms with Gasteiger partial charge in [0.05, 0.1) is 132 Å². The monoisotopic (exact) mass is 727 g/mol. The first kappa shape index (κ1) is 41.2. The van der Waals surface area contributed by atoms with E-state index in [2.05, 4.69) is 32.6 Å². The molecule has 0 aromatic heterocycles. The third-order valence-electron chi connectivity index (χ3n) is 4.60. The van der Waals surface area contributed by atoms with Crippen molar-refractivity contribution in [1.82, 2.24) is 5.32 Å². The fourth-order valence-corrected chi connectivity index (χ4v) is 2.99. The molecule has 0 aliphatic heterocycles. The van der Waals surface area contributed by atoms with Gasteiger partial charge >= 0.3 is 5.97 Å². The van der Waals surface area contributed by atoms with Crippen LogP contribution in [0.2, 0.25) is 0 Å². The first-order chi connectivity index (χ1) is 20.7. The Labute approximate surface area is 262 Å². The van der Waals surface area contributed by atoms with E-state index in [1.54, 1.807) is 0 Å². The number of carbonyl (C=O) groups excluding carboxylic acids is 1. The zero-order valence-corrected chi connectivity index (χ0v) is 26.8. The molecule has 0 saturated carbocycles. The highest BCUT2D eigenvalue weighted by molar-refractivity contribution is 14.1. The first-order valence-corrected chi connectivity index (χ1v) is 15.6. The number of carbonyl (C=O) groups is 2. The van der Waals surface area contributed by atoms with Crippen LogP contribution >= 0.6 is 22.6 Å². The quantitative estimate of drug-likeness (QED) is 0.0495. The van der Waals surface area contributed by atoms with Gasteiger partial charge in [-0.25, -0.2) is 4.79 Å². The Bertz CT molecular complexity index is 579. The molecule has 250 valence electrons. The van der Waals surface area contributed by atoms with Crippen LogP contribution in [0.3, 0.4) is 0 Å². The third kappa shape index (κ3) is 37.3. The molecular weight excluding hydrogens is 677 g/mol. The Morgan fingerprint density at radius 3 is 1.00 bits per heavy atom. The SMILES string of the molecule is O=C(O)COCC(=O)NCCOCCOCCOCCOCCOCCOCCOCCOCCOCCOCCI. The van der Waals surface area contributed by atoms with Gasteiger partial charge in [-0.15, -0.1) is 0 Å². The molecule has 0 aliphatic carbocycles. The molecule has 0 spiro atoms. The molecule has 0 radical (unpaired) electrons. The van der Waals surface area contributed by atoms with Crippen LogP contribution in [0.25, 0.3) is 0 Å². The Hall–Kier alpha value is -0.770. The van der Waals surface area contributed by atoms with E-state index in [4.69, 9.17) is 52.5 Å². The van der Waals surface area contributed by atoms with Crippen molar-refractivity contribution in [2.75, 3.05) is 156 Å². The maximum atomic E-state index is 11.3. The van der Waals surface area contributed by atoms with Crippen molar-refractivity contribution >= 4 is 34.5 Å². The molecule has 42 heavy (non-hydrogen) atoms. The molecule has 0 saturated heterocycles. The van der Waals surface area contributed by atoms with E-state index < -0.39 is 18.5 Å². The fraction of sp³-hybridized carbons (Fsp3) is 0.923. The van der Waals surface area contributed by atoms with Crippen LogP contribution in [0.1, 0.15) is 0 Å². The summed E-state index contributed by atoms with van der Waals surface area (Å²) in [5.74, 6) is -1.52. The van der Waals surface area contributed by atoms with Crippen molar-refractivity contribution in [3.8, 4) is 0 Å². The lowest BCUT2D eigenvalue weighted by atomic mass is 10.6. The summed E-state index contributed by atoms with van der Waals surface area (Å²) in [6, 6.07) is 0. The van der Waals surface area contributed by atoms with Crippen molar-refractivity contribution in [2.24, 2.45) is 0 Å². The Balaban J connectivity index is 3.08. The molecule has 15 nitrogen and oxygen atoms in total. The molecule has 1 amide bonds. The maximum absolute atomic E-state index is 11.3. The van der Waals surface area contributed by atoms with Gasteiger partial charge in [0.15, 0.2) is 0 Å². The first-order valence-electron chi connectivity index (χ1n) is 14.1. The summed E-state index contributed by atoms with van der Waals surface area (Å²) in [6.07, 6.45) is 0. The van der Waals surface area contributed by atoms with Crippen LogP contribution in [-0.4, -0.2) is 173 Å². The number of hydrogen-bond donors (Lipinski definition) is 2. The number of carboxylic acid groups (broad SMARTS) is 1. The highest BCUT2D eigenvalue weighted by atomic mass is 127.